The van der Waals surface area contributed by atoms with Crippen LogP contribution < -0.4 is 0 Å². The minimum absolute atomic E-state index is 0.232. The second-order valence-electron chi connectivity index (χ2n) is 6.65. The fourth-order valence-corrected chi connectivity index (χ4v) is 3.95. The average Bonchev–Trinajstić information content (AvgIpc) is 3.22. The number of hydrogen-bond donors (Lipinski definition) is 0. The smallest absolute Gasteiger partial charge is 0.339 e. The molecular weight excluding hydrogens is 370 g/mol. The zero-order valence-electron chi connectivity index (χ0n) is 15.4. The van der Waals surface area contributed by atoms with Gasteiger partial charge >= 0.3 is 5.97 Å². The number of hydrogen-bond acceptors (Lipinski definition) is 4. The molecule has 0 saturated carbocycles. The Labute approximate surface area is 167 Å². The fraction of sp³-hybridized carbons (Fsp3) is 0.130. The molecule has 4 aromatic rings. The first-order valence-corrected chi connectivity index (χ1v) is 9.90. The van der Waals surface area contributed by atoms with Gasteiger partial charge in [0.25, 0.3) is 5.91 Å². The maximum absolute atomic E-state index is 12.9. The van der Waals surface area contributed by atoms with Crippen molar-refractivity contribution in [2.75, 3.05) is 13.7 Å². The molecular formula is C23H19NO3S. The summed E-state index contributed by atoms with van der Waals surface area (Å²) in [5.41, 5.74) is 1.56. The summed E-state index contributed by atoms with van der Waals surface area (Å²) in [4.78, 5) is 26.9. The number of thiophene rings is 1. The molecule has 28 heavy (non-hydrogen) atoms. The van der Waals surface area contributed by atoms with Crippen LogP contribution in [-0.4, -0.2) is 30.4 Å². The first kappa shape index (κ1) is 18.2. The Morgan fingerprint density at radius 2 is 1.61 bits per heavy atom. The molecule has 0 spiro atoms. The number of carbonyl (C=O) groups is 2. The summed E-state index contributed by atoms with van der Waals surface area (Å²) in [6, 6.07) is 19.5. The number of nitrogens with zero attached hydrogens (tertiary/aromatic N) is 1. The van der Waals surface area contributed by atoms with Gasteiger partial charge < -0.3 is 9.64 Å². The average molecular weight is 389 g/mol. The molecule has 5 heteroatoms. The summed E-state index contributed by atoms with van der Waals surface area (Å²) >= 11 is 1.59. The lowest BCUT2D eigenvalue weighted by atomic mass is 9.97. The van der Waals surface area contributed by atoms with Gasteiger partial charge in [0.1, 0.15) is 0 Å². The summed E-state index contributed by atoms with van der Waals surface area (Å²) < 4.78 is 5.42. The first-order valence-electron chi connectivity index (χ1n) is 8.96. The number of esters is 1. The minimum atomic E-state index is -0.481. The van der Waals surface area contributed by atoms with E-state index in [1.807, 2.05) is 65.4 Å². The van der Waals surface area contributed by atoms with Crippen molar-refractivity contribution in [1.29, 1.82) is 0 Å². The fourth-order valence-electron chi connectivity index (χ4n) is 3.29. The van der Waals surface area contributed by atoms with Gasteiger partial charge in [-0.25, -0.2) is 4.79 Å². The number of amides is 1. The van der Waals surface area contributed by atoms with E-state index in [-0.39, 0.29) is 12.5 Å². The predicted molar refractivity (Wildman–Crippen MR) is 113 cm³/mol. The molecule has 4 rings (SSSR count). The maximum atomic E-state index is 12.9. The lowest BCUT2D eigenvalue weighted by Crippen LogP contribution is -2.30. The van der Waals surface area contributed by atoms with Crippen LogP contribution in [0.3, 0.4) is 0 Å². The highest BCUT2D eigenvalue weighted by molar-refractivity contribution is 7.07. The molecule has 1 heterocycles. The summed E-state index contributed by atoms with van der Waals surface area (Å²) in [5.74, 6) is -0.714. The van der Waals surface area contributed by atoms with Crippen LogP contribution in [0.5, 0.6) is 0 Å². The van der Waals surface area contributed by atoms with Crippen molar-refractivity contribution < 1.29 is 14.3 Å². The molecule has 0 fully saturated rings. The van der Waals surface area contributed by atoms with Gasteiger partial charge in [0.15, 0.2) is 6.61 Å². The van der Waals surface area contributed by atoms with Crippen molar-refractivity contribution in [3.8, 4) is 0 Å². The van der Waals surface area contributed by atoms with Gasteiger partial charge in [-0.2, -0.15) is 11.3 Å². The standard InChI is InChI=1S/C23H19NO3S/c1-24(13-16-10-11-28-15-16)21(25)14-27-23(26)22-19-8-4-2-6-17(19)12-18-7-3-5-9-20(18)22/h2-12,15H,13-14H2,1H3. The highest BCUT2D eigenvalue weighted by atomic mass is 32.1. The number of rotatable bonds is 5. The third-order valence-electron chi connectivity index (χ3n) is 4.73. The van der Waals surface area contributed by atoms with E-state index in [1.54, 1.807) is 23.3 Å². The van der Waals surface area contributed by atoms with E-state index in [2.05, 4.69) is 6.07 Å². The van der Waals surface area contributed by atoms with E-state index in [9.17, 15) is 9.59 Å². The molecule has 0 atom stereocenters. The van der Waals surface area contributed by atoms with Gasteiger partial charge in [-0.05, 0) is 50.0 Å². The molecule has 0 saturated heterocycles. The van der Waals surface area contributed by atoms with Crippen LogP contribution in [0.1, 0.15) is 15.9 Å². The predicted octanol–water partition coefficient (Wildman–Crippen LogP) is 4.87. The Morgan fingerprint density at radius 3 is 2.21 bits per heavy atom. The monoisotopic (exact) mass is 389 g/mol. The van der Waals surface area contributed by atoms with Crippen molar-refractivity contribution in [3.63, 3.8) is 0 Å². The van der Waals surface area contributed by atoms with E-state index in [4.69, 9.17) is 4.74 Å². The quantitative estimate of drug-likeness (QED) is 0.361. The van der Waals surface area contributed by atoms with Crippen LogP contribution >= 0.6 is 11.3 Å². The molecule has 140 valence electrons. The van der Waals surface area contributed by atoms with Crippen LogP contribution in [0.2, 0.25) is 0 Å². The molecule has 3 aromatic carbocycles. The van der Waals surface area contributed by atoms with E-state index >= 15 is 0 Å². The summed E-state index contributed by atoms with van der Waals surface area (Å²) in [6.45, 7) is 0.216. The van der Waals surface area contributed by atoms with Crippen molar-refractivity contribution >= 4 is 44.8 Å². The number of likely N-dealkylation sites (N-methyl/N-ethyl adjacent to an activating group) is 1. The Morgan fingerprint density at radius 1 is 0.964 bits per heavy atom. The van der Waals surface area contributed by atoms with E-state index in [1.165, 1.54) is 0 Å². The number of fused-ring (bicyclic) bond motifs is 2. The molecule has 0 bridgehead atoms. The largest absolute Gasteiger partial charge is 0.452 e. The molecule has 0 radical (unpaired) electrons. The first-order chi connectivity index (χ1) is 13.6. The van der Waals surface area contributed by atoms with Crippen LogP contribution in [-0.2, 0) is 16.1 Å². The van der Waals surface area contributed by atoms with Gasteiger partial charge in [-0.1, -0.05) is 48.5 Å². The van der Waals surface area contributed by atoms with Gasteiger partial charge in [0, 0.05) is 13.6 Å². The molecule has 0 N–H and O–H groups in total. The molecule has 0 aliphatic carbocycles. The Bertz CT molecular complexity index is 1100. The minimum Gasteiger partial charge on any atom is -0.452 e. The van der Waals surface area contributed by atoms with Crippen LogP contribution in [0.25, 0.3) is 21.5 Å². The van der Waals surface area contributed by atoms with Crippen LogP contribution in [0.4, 0.5) is 0 Å². The van der Waals surface area contributed by atoms with Gasteiger partial charge in [-0.15, -0.1) is 0 Å². The molecule has 4 nitrogen and oxygen atoms in total. The molecule has 1 aromatic heterocycles. The SMILES string of the molecule is CN(Cc1ccsc1)C(=O)COC(=O)c1c2ccccc2cc2ccccc12. The number of ether oxygens (including phenoxy) is 1. The highest BCUT2D eigenvalue weighted by Gasteiger charge is 2.18. The van der Waals surface area contributed by atoms with Gasteiger partial charge in [-0.3, -0.25) is 4.79 Å². The highest BCUT2D eigenvalue weighted by Crippen LogP contribution is 2.29. The van der Waals surface area contributed by atoms with Crippen molar-refractivity contribution in [3.05, 3.63) is 82.6 Å². The van der Waals surface area contributed by atoms with Crippen molar-refractivity contribution in [2.24, 2.45) is 0 Å². The van der Waals surface area contributed by atoms with Crippen molar-refractivity contribution in [1.82, 2.24) is 4.90 Å². The second-order valence-corrected chi connectivity index (χ2v) is 7.43. The summed E-state index contributed by atoms with van der Waals surface area (Å²) in [5, 5.41) is 7.55. The normalized spacial score (nSPS) is 10.9. The third-order valence-corrected chi connectivity index (χ3v) is 5.46. The summed E-state index contributed by atoms with van der Waals surface area (Å²) in [7, 11) is 1.71. The van der Waals surface area contributed by atoms with Gasteiger partial charge in [0.05, 0.1) is 5.56 Å². The second kappa shape index (κ2) is 7.82. The Kier molecular flexibility index (Phi) is 5.08. The van der Waals surface area contributed by atoms with E-state index in [0.717, 1.165) is 27.1 Å². The van der Waals surface area contributed by atoms with Crippen molar-refractivity contribution in [2.45, 2.75) is 6.54 Å². The Hall–Kier alpha value is -3.18. The zero-order chi connectivity index (χ0) is 19.5. The lowest BCUT2D eigenvalue weighted by Gasteiger charge is -2.17. The van der Waals surface area contributed by atoms with Crippen LogP contribution in [0.15, 0.2) is 71.4 Å². The maximum Gasteiger partial charge on any atom is 0.339 e. The Balaban J connectivity index is 1.57. The van der Waals surface area contributed by atoms with Crippen LogP contribution in [0, 0.1) is 0 Å². The topological polar surface area (TPSA) is 46.6 Å². The van der Waals surface area contributed by atoms with E-state index < -0.39 is 5.97 Å². The third kappa shape index (κ3) is 3.62. The molecule has 0 aliphatic heterocycles. The molecule has 0 aliphatic rings. The number of benzene rings is 3. The lowest BCUT2D eigenvalue weighted by molar-refractivity contribution is -0.133. The van der Waals surface area contributed by atoms with Gasteiger partial charge in [0.2, 0.25) is 0 Å². The van der Waals surface area contributed by atoms with E-state index in [0.29, 0.717) is 12.1 Å². The zero-order valence-corrected chi connectivity index (χ0v) is 16.2. The molecule has 1 amide bonds. The summed E-state index contributed by atoms with van der Waals surface area (Å²) in [6.07, 6.45) is 0. The number of carbonyl (C=O) groups excluding carboxylic acids is 2. The molecule has 0 unspecified atom stereocenters.